The molecule has 1 saturated carbocycles. The second-order valence-corrected chi connectivity index (χ2v) is 10.1. The Morgan fingerprint density at radius 3 is 2.35 bits per heavy atom. The molecule has 0 radical (unpaired) electrons. The van der Waals surface area contributed by atoms with Crippen LogP contribution in [0.4, 0.5) is 0 Å². The van der Waals surface area contributed by atoms with E-state index in [-0.39, 0.29) is 23.4 Å². The van der Waals surface area contributed by atoms with Gasteiger partial charge in [-0.2, -0.15) is 0 Å². The summed E-state index contributed by atoms with van der Waals surface area (Å²) in [6.07, 6.45) is 0.869. The molecule has 2 unspecified atom stereocenters. The van der Waals surface area contributed by atoms with Gasteiger partial charge in [0.05, 0.1) is 12.0 Å². The Labute approximate surface area is 187 Å². The number of aryl methyl sites for hydroxylation is 2. The van der Waals surface area contributed by atoms with Gasteiger partial charge in [0.2, 0.25) is 0 Å². The highest BCUT2D eigenvalue weighted by molar-refractivity contribution is 7.20. The maximum absolute atomic E-state index is 13.1. The van der Waals surface area contributed by atoms with E-state index in [1.165, 1.54) is 5.56 Å². The maximum Gasteiger partial charge on any atom is 0.176 e. The monoisotopic (exact) mass is 436 g/mol. The van der Waals surface area contributed by atoms with Crippen LogP contribution in [0.25, 0.3) is 10.1 Å². The number of Topliss-reactive ketones (excluding diaryl/α,β-unsaturated/α-hetero) is 2. The molecule has 31 heavy (non-hydrogen) atoms. The molecule has 1 heterocycles. The molecule has 3 aromatic rings. The largest absolute Gasteiger partial charge is 0.497 e. The first-order chi connectivity index (χ1) is 14.6. The predicted octanol–water partition coefficient (Wildman–Crippen LogP) is 6.26. The Bertz CT molecular complexity index is 1160. The lowest BCUT2D eigenvalue weighted by atomic mass is 9.99. The van der Waals surface area contributed by atoms with Crippen molar-refractivity contribution in [3.05, 3.63) is 58.0 Å². The minimum Gasteiger partial charge on any atom is -0.497 e. The highest BCUT2D eigenvalue weighted by atomic mass is 32.1. The van der Waals surface area contributed by atoms with Crippen LogP contribution in [-0.4, -0.2) is 24.3 Å². The van der Waals surface area contributed by atoms with E-state index in [1.54, 1.807) is 39.2 Å². The summed E-state index contributed by atoms with van der Waals surface area (Å²) in [4.78, 5) is 25.8. The zero-order valence-electron chi connectivity index (χ0n) is 18.9. The summed E-state index contributed by atoms with van der Waals surface area (Å²) in [5, 5.41) is 1.05. The van der Waals surface area contributed by atoms with Gasteiger partial charge in [0.1, 0.15) is 11.5 Å². The van der Waals surface area contributed by atoms with Crippen molar-refractivity contribution in [3.8, 4) is 11.5 Å². The second-order valence-electron chi connectivity index (χ2n) is 8.98. The fourth-order valence-electron chi connectivity index (χ4n) is 3.99. The van der Waals surface area contributed by atoms with Crippen LogP contribution < -0.4 is 9.47 Å². The minimum atomic E-state index is -0.862. The van der Waals surface area contributed by atoms with Gasteiger partial charge in [-0.15, -0.1) is 11.3 Å². The lowest BCUT2D eigenvalue weighted by Crippen LogP contribution is -2.36. The second kappa shape index (κ2) is 7.79. The van der Waals surface area contributed by atoms with Gasteiger partial charge in [0.25, 0.3) is 0 Å². The number of ketones is 2. The van der Waals surface area contributed by atoms with Gasteiger partial charge in [-0.25, -0.2) is 0 Å². The number of rotatable bonds is 7. The molecule has 0 spiro atoms. The number of carbonyl (C=O) groups is 2. The van der Waals surface area contributed by atoms with Crippen molar-refractivity contribution in [2.75, 3.05) is 7.11 Å². The lowest BCUT2D eigenvalue weighted by Gasteiger charge is -2.26. The van der Waals surface area contributed by atoms with E-state index in [1.807, 2.05) is 38.1 Å². The number of benzene rings is 2. The van der Waals surface area contributed by atoms with Crippen molar-refractivity contribution in [3.63, 3.8) is 0 Å². The molecule has 0 bridgehead atoms. The molecule has 1 fully saturated rings. The molecule has 0 amide bonds. The molecular weight excluding hydrogens is 408 g/mol. The Morgan fingerprint density at radius 2 is 1.74 bits per heavy atom. The van der Waals surface area contributed by atoms with Gasteiger partial charge >= 0.3 is 0 Å². The Morgan fingerprint density at radius 1 is 1.06 bits per heavy atom. The molecule has 2 atom stereocenters. The van der Waals surface area contributed by atoms with E-state index in [0.29, 0.717) is 0 Å². The van der Waals surface area contributed by atoms with Crippen molar-refractivity contribution in [2.24, 2.45) is 5.92 Å². The van der Waals surface area contributed by atoms with Crippen LogP contribution in [0.2, 0.25) is 0 Å². The van der Waals surface area contributed by atoms with Crippen LogP contribution in [0, 0.1) is 19.8 Å². The van der Waals surface area contributed by atoms with Gasteiger partial charge < -0.3 is 9.47 Å². The third-order valence-electron chi connectivity index (χ3n) is 6.21. The van der Waals surface area contributed by atoms with E-state index in [2.05, 4.69) is 12.1 Å². The Balaban J connectivity index is 1.53. The summed E-state index contributed by atoms with van der Waals surface area (Å²) < 4.78 is 12.4. The van der Waals surface area contributed by atoms with Crippen LogP contribution >= 0.6 is 11.3 Å². The van der Waals surface area contributed by atoms with Crippen molar-refractivity contribution in [2.45, 2.75) is 52.6 Å². The van der Waals surface area contributed by atoms with Gasteiger partial charge in [-0.05, 0) is 93.3 Å². The molecule has 4 nitrogen and oxygen atoms in total. The number of thiophene rings is 1. The molecule has 1 aliphatic carbocycles. The first-order valence-electron chi connectivity index (χ1n) is 10.5. The summed E-state index contributed by atoms with van der Waals surface area (Å²) in [6.45, 7) is 9.13. The van der Waals surface area contributed by atoms with E-state index in [4.69, 9.17) is 9.47 Å². The lowest BCUT2D eigenvalue weighted by molar-refractivity contribution is -0.129. The summed E-state index contributed by atoms with van der Waals surface area (Å²) in [6, 6.07) is 12.1. The highest BCUT2D eigenvalue weighted by Gasteiger charge is 2.45. The fraction of sp³-hybridized carbons (Fsp3) is 0.385. The third-order valence-corrected chi connectivity index (χ3v) is 7.34. The quantitative estimate of drug-likeness (QED) is 0.410. The summed E-state index contributed by atoms with van der Waals surface area (Å²) in [5.41, 5.74) is 2.30. The highest BCUT2D eigenvalue weighted by Crippen LogP contribution is 2.51. The average Bonchev–Trinajstić information content (AvgIpc) is 3.40. The molecule has 0 N–H and O–H groups in total. The topological polar surface area (TPSA) is 52.6 Å². The molecule has 2 aromatic carbocycles. The van der Waals surface area contributed by atoms with Crippen molar-refractivity contribution in [1.29, 1.82) is 0 Å². The smallest absolute Gasteiger partial charge is 0.176 e. The third kappa shape index (κ3) is 4.11. The van der Waals surface area contributed by atoms with E-state index in [9.17, 15) is 9.59 Å². The van der Waals surface area contributed by atoms with Crippen LogP contribution in [0.1, 0.15) is 59.5 Å². The van der Waals surface area contributed by atoms with E-state index >= 15 is 0 Å². The summed E-state index contributed by atoms with van der Waals surface area (Å²) >= 11 is 1.55. The average molecular weight is 437 g/mol. The van der Waals surface area contributed by atoms with E-state index in [0.717, 1.165) is 44.0 Å². The molecule has 4 rings (SSSR count). The molecule has 1 aliphatic rings. The van der Waals surface area contributed by atoms with Gasteiger partial charge in [-0.3, -0.25) is 9.59 Å². The molecule has 5 heteroatoms. The Kier molecular flexibility index (Phi) is 5.42. The number of hydrogen-bond acceptors (Lipinski definition) is 5. The van der Waals surface area contributed by atoms with Crippen molar-refractivity contribution >= 4 is 33.0 Å². The molecule has 1 aromatic heterocycles. The SMILES string of the molecule is COc1ccc2sc(C(=O)C3CC3c3cc(C)c(OC(C)(C)C(C)=O)c(C)c3)cc2c1. The van der Waals surface area contributed by atoms with Gasteiger partial charge in [-0.1, -0.05) is 12.1 Å². The summed E-state index contributed by atoms with van der Waals surface area (Å²) in [7, 11) is 1.65. The predicted molar refractivity (Wildman–Crippen MR) is 125 cm³/mol. The van der Waals surface area contributed by atoms with Crippen LogP contribution in [0.5, 0.6) is 11.5 Å². The number of ether oxygens (including phenoxy) is 2. The normalized spacial score (nSPS) is 18.1. The number of carbonyl (C=O) groups excluding carboxylic acids is 2. The van der Waals surface area contributed by atoms with Crippen LogP contribution in [0.3, 0.4) is 0 Å². The Hall–Kier alpha value is -2.66. The van der Waals surface area contributed by atoms with Crippen molar-refractivity contribution < 1.29 is 19.1 Å². The molecular formula is C26H28O4S. The van der Waals surface area contributed by atoms with Gasteiger partial charge in [0.15, 0.2) is 17.2 Å². The zero-order chi connectivity index (χ0) is 22.5. The zero-order valence-corrected chi connectivity index (χ0v) is 19.7. The molecule has 162 valence electrons. The molecule has 0 aliphatic heterocycles. The van der Waals surface area contributed by atoms with Gasteiger partial charge in [0, 0.05) is 10.6 Å². The summed E-state index contributed by atoms with van der Waals surface area (Å²) in [5.74, 6) is 2.03. The van der Waals surface area contributed by atoms with Crippen LogP contribution in [-0.2, 0) is 4.79 Å². The standard InChI is InChI=1S/C26H28O4S/c1-14-9-17(10-15(2)25(14)30-26(4,5)16(3)27)20-13-21(20)24(28)23-12-18-11-19(29-6)7-8-22(18)31-23/h7-12,20-21H,13H2,1-6H3. The number of hydrogen-bond donors (Lipinski definition) is 0. The maximum atomic E-state index is 13.1. The minimum absolute atomic E-state index is 0.0100. The molecule has 0 saturated heterocycles. The fourth-order valence-corrected chi connectivity index (χ4v) is 5.04. The first kappa shape index (κ1) is 21.6. The van der Waals surface area contributed by atoms with Crippen molar-refractivity contribution in [1.82, 2.24) is 0 Å². The van der Waals surface area contributed by atoms with Crippen LogP contribution in [0.15, 0.2) is 36.4 Å². The number of methoxy groups -OCH3 is 1. The number of fused-ring (bicyclic) bond motifs is 1. The first-order valence-corrected chi connectivity index (χ1v) is 11.4. The van der Waals surface area contributed by atoms with E-state index < -0.39 is 5.60 Å².